The monoisotopic (exact) mass is 307 g/mol. The smallest absolute Gasteiger partial charge is 0.132 e. The summed E-state index contributed by atoms with van der Waals surface area (Å²) in [6.07, 6.45) is 5.79. The number of aromatic nitrogens is 2. The quantitative estimate of drug-likeness (QED) is 0.887. The molecule has 1 aliphatic rings. The number of rotatable bonds is 2. The summed E-state index contributed by atoms with van der Waals surface area (Å²) >= 11 is 6.22. The van der Waals surface area contributed by atoms with Crippen LogP contribution < -0.4 is 5.73 Å². The Balaban J connectivity index is 2.17. The fourth-order valence-electron chi connectivity index (χ4n) is 3.21. The van der Waals surface area contributed by atoms with Crippen molar-refractivity contribution in [2.24, 2.45) is 7.05 Å². The Labute approximate surface area is 128 Å². The van der Waals surface area contributed by atoms with Crippen molar-refractivity contribution in [1.82, 2.24) is 9.78 Å². The lowest BCUT2D eigenvalue weighted by Gasteiger charge is -2.21. The highest BCUT2D eigenvalue weighted by Gasteiger charge is 2.27. The molecule has 112 valence electrons. The SMILES string of the molecule is Cn1nc(C2CCCCC2)c(-c2c(F)cccc2Cl)c1N. The number of aryl methyl sites for hydroxylation is 1. The second-order valence-electron chi connectivity index (χ2n) is 5.70. The average molecular weight is 308 g/mol. The minimum Gasteiger partial charge on any atom is -0.383 e. The Morgan fingerprint density at radius 3 is 2.62 bits per heavy atom. The van der Waals surface area contributed by atoms with Gasteiger partial charge in [-0.1, -0.05) is 36.9 Å². The standard InChI is InChI=1S/C16H19ClFN3/c1-21-16(19)14(13-11(17)8-5-9-12(13)18)15(20-21)10-6-3-2-4-7-10/h5,8-10H,2-4,6-7,19H2,1H3. The van der Waals surface area contributed by atoms with Gasteiger partial charge in [0.2, 0.25) is 0 Å². The zero-order valence-electron chi connectivity index (χ0n) is 12.1. The van der Waals surface area contributed by atoms with Crippen LogP contribution in [-0.2, 0) is 7.05 Å². The Morgan fingerprint density at radius 1 is 1.24 bits per heavy atom. The third kappa shape index (κ3) is 2.53. The first-order valence-corrected chi connectivity index (χ1v) is 7.74. The van der Waals surface area contributed by atoms with Gasteiger partial charge in [-0.25, -0.2) is 4.39 Å². The molecule has 0 unspecified atom stereocenters. The Morgan fingerprint density at radius 2 is 1.95 bits per heavy atom. The highest BCUT2D eigenvalue weighted by Crippen LogP contribution is 2.43. The zero-order chi connectivity index (χ0) is 15.0. The number of benzene rings is 1. The fraction of sp³-hybridized carbons (Fsp3) is 0.438. The van der Waals surface area contributed by atoms with Gasteiger partial charge in [-0.2, -0.15) is 5.10 Å². The number of hydrogen-bond donors (Lipinski definition) is 1. The van der Waals surface area contributed by atoms with Crippen LogP contribution in [0.15, 0.2) is 18.2 Å². The van der Waals surface area contributed by atoms with Crippen molar-refractivity contribution in [1.29, 1.82) is 0 Å². The van der Waals surface area contributed by atoms with E-state index in [4.69, 9.17) is 17.3 Å². The molecule has 1 aromatic carbocycles. The van der Waals surface area contributed by atoms with E-state index >= 15 is 0 Å². The van der Waals surface area contributed by atoms with Gasteiger partial charge < -0.3 is 5.73 Å². The van der Waals surface area contributed by atoms with E-state index in [1.165, 1.54) is 25.3 Å². The van der Waals surface area contributed by atoms with E-state index in [1.807, 2.05) is 0 Å². The summed E-state index contributed by atoms with van der Waals surface area (Å²) in [7, 11) is 1.79. The first-order chi connectivity index (χ1) is 10.1. The van der Waals surface area contributed by atoms with Crippen LogP contribution in [-0.4, -0.2) is 9.78 Å². The van der Waals surface area contributed by atoms with Gasteiger partial charge >= 0.3 is 0 Å². The van der Waals surface area contributed by atoms with E-state index in [2.05, 4.69) is 5.10 Å². The van der Waals surface area contributed by atoms with E-state index in [0.717, 1.165) is 18.5 Å². The highest BCUT2D eigenvalue weighted by atomic mass is 35.5. The van der Waals surface area contributed by atoms with Crippen molar-refractivity contribution in [3.63, 3.8) is 0 Å². The fourth-order valence-corrected chi connectivity index (χ4v) is 3.47. The molecule has 0 saturated heterocycles. The van der Waals surface area contributed by atoms with Gasteiger partial charge in [-0.05, 0) is 25.0 Å². The molecular formula is C16H19ClFN3. The largest absolute Gasteiger partial charge is 0.383 e. The van der Waals surface area contributed by atoms with Gasteiger partial charge in [0.1, 0.15) is 11.6 Å². The molecule has 0 radical (unpaired) electrons. The predicted octanol–water partition coefficient (Wildman–Crippen LogP) is 4.51. The minimum absolute atomic E-state index is 0.341. The number of halogens is 2. The van der Waals surface area contributed by atoms with Crippen molar-refractivity contribution in [3.05, 3.63) is 34.7 Å². The summed E-state index contributed by atoms with van der Waals surface area (Å²) in [4.78, 5) is 0. The van der Waals surface area contributed by atoms with E-state index in [9.17, 15) is 4.39 Å². The molecule has 1 aromatic heterocycles. The first-order valence-electron chi connectivity index (χ1n) is 7.36. The number of nitrogens with zero attached hydrogens (tertiary/aromatic N) is 2. The molecule has 5 heteroatoms. The number of nitrogens with two attached hydrogens (primary N) is 1. The molecule has 0 aliphatic heterocycles. The summed E-state index contributed by atoms with van der Waals surface area (Å²) in [5.41, 5.74) is 8.10. The summed E-state index contributed by atoms with van der Waals surface area (Å²) in [5, 5.41) is 4.94. The average Bonchev–Trinajstić information content (AvgIpc) is 2.77. The molecule has 0 spiro atoms. The molecule has 21 heavy (non-hydrogen) atoms. The van der Waals surface area contributed by atoms with Crippen molar-refractivity contribution in [2.45, 2.75) is 38.0 Å². The molecule has 1 aliphatic carbocycles. The third-order valence-corrected chi connectivity index (χ3v) is 4.64. The molecule has 0 amide bonds. The topological polar surface area (TPSA) is 43.8 Å². The van der Waals surface area contributed by atoms with Gasteiger partial charge in [0, 0.05) is 18.5 Å². The summed E-state index contributed by atoms with van der Waals surface area (Å²) in [6.45, 7) is 0. The maximum atomic E-state index is 14.3. The van der Waals surface area contributed by atoms with Crippen LogP contribution in [0, 0.1) is 5.82 Å². The number of hydrogen-bond acceptors (Lipinski definition) is 2. The second-order valence-corrected chi connectivity index (χ2v) is 6.11. The van der Waals surface area contributed by atoms with Gasteiger partial charge in [0.25, 0.3) is 0 Å². The molecule has 2 N–H and O–H groups in total. The van der Waals surface area contributed by atoms with Crippen LogP contribution in [0.4, 0.5) is 10.2 Å². The third-order valence-electron chi connectivity index (χ3n) is 4.32. The summed E-state index contributed by atoms with van der Waals surface area (Å²) < 4.78 is 15.9. The number of nitrogen functional groups attached to an aromatic ring is 1. The molecule has 3 nitrogen and oxygen atoms in total. The predicted molar refractivity (Wildman–Crippen MR) is 83.9 cm³/mol. The molecule has 2 aromatic rings. The van der Waals surface area contributed by atoms with Gasteiger partial charge in [0.05, 0.1) is 16.3 Å². The Kier molecular flexibility index (Phi) is 3.89. The summed E-state index contributed by atoms with van der Waals surface area (Å²) in [6, 6.07) is 4.71. The lowest BCUT2D eigenvalue weighted by Crippen LogP contribution is -2.07. The Bertz CT molecular complexity index is 640. The van der Waals surface area contributed by atoms with E-state index in [0.29, 0.717) is 27.9 Å². The zero-order valence-corrected chi connectivity index (χ0v) is 12.8. The normalized spacial score (nSPS) is 16.3. The molecule has 1 heterocycles. The number of anilines is 1. The summed E-state index contributed by atoms with van der Waals surface area (Å²) in [5.74, 6) is 0.467. The maximum Gasteiger partial charge on any atom is 0.132 e. The van der Waals surface area contributed by atoms with E-state index in [1.54, 1.807) is 23.9 Å². The van der Waals surface area contributed by atoms with Crippen LogP contribution in [0.2, 0.25) is 5.02 Å². The molecular weight excluding hydrogens is 289 g/mol. The van der Waals surface area contributed by atoms with Gasteiger partial charge in [-0.15, -0.1) is 0 Å². The van der Waals surface area contributed by atoms with Gasteiger partial charge in [0.15, 0.2) is 0 Å². The Hall–Kier alpha value is -1.55. The van der Waals surface area contributed by atoms with Crippen LogP contribution in [0.25, 0.3) is 11.1 Å². The van der Waals surface area contributed by atoms with Crippen LogP contribution in [0.3, 0.4) is 0 Å². The van der Waals surface area contributed by atoms with E-state index < -0.39 is 0 Å². The van der Waals surface area contributed by atoms with Crippen molar-refractivity contribution in [2.75, 3.05) is 5.73 Å². The molecule has 1 saturated carbocycles. The molecule has 1 fully saturated rings. The van der Waals surface area contributed by atoms with Crippen molar-refractivity contribution in [3.8, 4) is 11.1 Å². The van der Waals surface area contributed by atoms with Gasteiger partial charge in [-0.3, -0.25) is 4.68 Å². The maximum absolute atomic E-state index is 14.3. The van der Waals surface area contributed by atoms with Crippen LogP contribution in [0.5, 0.6) is 0 Å². The van der Waals surface area contributed by atoms with Crippen molar-refractivity contribution >= 4 is 17.4 Å². The lowest BCUT2D eigenvalue weighted by molar-refractivity contribution is 0.434. The molecule has 0 atom stereocenters. The van der Waals surface area contributed by atoms with Crippen LogP contribution >= 0.6 is 11.6 Å². The second kappa shape index (κ2) is 5.68. The first kappa shape index (κ1) is 14.4. The minimum atomic E-state index is -0.348. The lowest BCUT2D eigenvalue weighted by atomic mass is 9.84. The van der Waals surface area contributed by atoms with E-state index in [-0.39, 0.29) is 5.82 Å². The highest BCUT2D eigenvalue weighted by molar-refractivity contribution is 6.33. The molecule has 0 bridgehead atoms. The van der Waals surface area contributed by atoms with Crippen molar-refractivity contribution < 1.29 is 4.39 Å². The molecule has 3 rings (SSSR count). The van der Waals surface area contributed by atoms with Crippen LogP contribution in [0.1, 0.15) is 43.7 Å².